The largest absolute Gasteiger partial charge is 0.476 e. The molecule has 0 radical (unpaired) electrons. The number of benzene rings is 4. The summed E-state index contributed by atoms with van der Waals surface area (Å²) in [6, 6.07) is 26.4. The molecule has 7 aromatic rings. The van der Waals surface area contributed by atoms with Crippen molar-refractivity contribution in [3.63, 3.8) is 0 Å². The Kier molecular flexibility index (Phi) is 26.6. The summed E-state index contributed by atoms with van der Waals surface area (Å²) in [7, 11) is -4.67. The van der Waals surface area contributed by atoms with E-state index in [0.29, 0.717) is 107 Å². The van der Waals surface area contributed by atoms with E-state index >= 15 is 0 Å². The van der Waals surface area contributed by atoms with Crippen LogP contribution in [0.2, 0.25) is 5.02 Å². The number of ether oxygens (including phenoxy) is 5. The number of piperazine rings is 2. The number of fused-ring (bicyclic) bond motifs is 2. The first-order valence-corrected chi connectivity index (χ1v) is 40.4. The van der Waals surface area contributed by atoms with Gasteiger partial charge in [-0.05, 0) is 122 Å². The van der Waals surface area contributed by atoms with Gasteiger partial charge >= 0.3 is 0 Å². The van der Waals surface area contributed by atoms with Gasteiger partial charge in [0.2, 0.25) is 23.6 Å². The SMILES string of the molecule is Cc1ncsc1-c1ccc([C@H](C)NC(=O)[C@@H]2C[C@@H](O)CN2C(=O)[C@@H](NC(=O)CCOCCOCCOCCN2CCN(CCNc3ccc(S(=O)(=O)NC(=O)c4ccc(N5CCN(CC6=C(c7ccc(Cl)cc7)CC(C)(C)OC6)CC5)cc4N4CCCOc5nc6[nH]ccc6cc54)cc3[N+](=O)[O-])CC2)C(C)(C)C)cc1. The van der Waals surface area contributed by atoms with E-state index in [0.717, 1.165) is 96.6 Å². The summed E-state index contributed by atoms with van der Waals surface area (Å²) in [6.07, 6.45) is 2.30. The van der Waals surface area contributed by atoms with Crippen LogP contribution in [0.25, 0.3) is 27.0 Å². The Morgan fingerprint density at radius 2 is 1.52 bits per heavy atom. The number of nitro benzene ring substituents is 1. The number of carbonyl (C=O) groups excluding carboxylic acids is 4. The van der Waals surface area contributed by atoms with Gasteiger partial charge < -0.3 is 64.4 Å². The van der Waals surface area contributed by atoms with Crippen LogP contribution < -0.4 is 35.2 Å². The van der Waals surface area contributed by atoms with E-state index in [9.17, 15) is 42.8 Å². The number of thiazole rings is 1. The van der Waals surface area contributed by atoms with Crippen molar-refractivity contribution in [1.29, 1.82) is 0 Å². The molecule has 4 aromatic carbocycles. The predicted molar refractivity (Wildman–Crippen MR) is 424 cm³/mol. The molecule has 12 rings (SSSR count). The average molecular weight is 1570 g/mol. The maximum atomic E-state index is 14.7. The molecule has 4 atom stereocenters. The Bertz CT molecular complexity index is 4540. The number of aromatic amines is 1. The average Bonchev–Trinajstić information content (AvgIpc) is 1.32. The van der Waals surface area contributed by atoms with Crippen LogP contribution in [0.1, 0.15) is 100 Å². The number of nitro groups is 1. The van der Waals surface area contributed by atoms with E-state index in [4.69, 9.17) is 40.3 Å². The third-order valence-corrected chi connectivity index (χ3v) is 23.4. The van der Waals surface area contributed by atoms with Gasteiger partial charge in [0, 0.05) is 139 Å². The Labute approximate surface area is 651 Å². The molecule has 3 fully saturated rings. The second-order valence-electron chi connectivity index (χ2n) is 30.3. The van der Waals surface area contributed by atoms with Gasteiger partial charge in [-0.3, -0.25) is 44.0 Å². The number of pyridine rings is 1. The van der Waals surface area contributed by atoms with Gasteiger partial charge in [-0.1, -0.05) is 68.8 Å². The number of anilines is 4. The van der Waals surface area contributed by atoms with E-state index in [-0.39, 0.29) is 73.9 Å². The number of aliphatic hydroxyl groups is 1. The molecular weight excluding hydrogens is 1470 g/mol. The summed E-state index contributed by atoms with van der Waals surface area (Å²) in [4.78, 5) is 93.2. The van der Waals surface area contributed by atoms with E-state index in [2.05, 4.69) is 76.2 Å². The minimum atomic E-state index is -4.67. The van der Waals surface area contributed by atoms with Gasteiger partial charge in [0.15, 0.2) is 0 Å². The van der Waals surface area contributed by atoms with E-state index < -0.39 is 60.9 Å². The van der Waals surface area contributed by atoms with Gasteiger partial charge in [0.25, 0.3) is 21.6 Å². The summed E-state index contributed by atoms with van der Waals surface area (Å²) in [6.45, 7) is 25.0. The van der Waals surface area contributed by atoms with Crippen LogP contribution >= 0.6 is 22.9 Å². The predicted octanol–water partition coefficient (Wildman–Crippen LogP) is 9.21. The zero-order valence-corrected chi connectivity index (χ0v) is 65.9. The van der Waals surface area contributed by atoms with Gasteiger partial charge in [0.05, 0.1) is 108 Å². The fourth-order valence-corrected chi connectivity index (χ4v) is 16.5. The second-order valence-corrected chi connectivity index (χ2v) is 33.3. The fourth-order valence-electron chi connectivity index (χ4n) is 14.6. The number of aromatic nitrogens is 3. The van der Waals surface area contributed by atoms with Crippen molar-refractivity contribution in [3.8, 4) is 16.3 Å². The number of hydrogen-bond donors (Lipinski definition) is 6. The Balaban J connectivity index is 0.558. The first-order valence-electron chi connectivity index (χ1n) is 37.7. The van der Waals surface area contributed by atoms with Crippen molar-refractivity contribution in [1.82, 2.24) is 49.9 Å². The van der Waals surface area contributed by atoms with Crippen LogP contribution in [-0.4, -0.2) is 245 Å². The number of β-amino-alcohol motifs (C(OH)–C–C–N with tert-alkyl or cyclic N) is 1. The number of likely N-dealkylation sites (tertiary alicyclic amines) is 1. The number of sulfonamides is 1. The molecular formula is C79H101ClN14O14S2. The molecule has 28 nitrogen and oxygen atoms in total. The molecule has 590 valence electrons. The highest BCUT2D eigenvalue weighted by Gasteiger charge is 2.45. The fraction of sp³-hybridized carbons (Fsp3) is 0.494. The standard InChI is InChI=1S/C79H101ClN14O14S2/c1-52(54-9-11-56(12-10-54)71-53(2)83-51-109-71)84-75(98)68-45-61(95)49-93(68)77(99)72(78(3,4)5)85-70(96)22-37-104-39-41-106-42-40-105-38-35-89-29-27-88(28-30-89)26-24-81-65-20-18-62(46-67(65)94(100)101)110(102,103)87-74(97)63-19-17-60(44-66(63)92-25-8-36-107-76-69(92)43-57-21-23-82-73(57)86-76)91-33-31-90(32-34-91)48-58-50-108-79(6,7)47-64(58)55-13-15-59(80)16-14-55/h9-21,23,43-44,46,51-52,61,68,72,81,95H,8,22,24-42,45,47-50H2,1-7H3,(H,82,86)(H,84,98)(H,85,96)(H,87,97)/t52-,61+,68-,72+/m0/s1. The zero-order chi connectivity index (χ0) is 77.9. The Morgan fingerprint density at radius 3 is 2.22 bits per heavy atom. The van der Waals surface area contributed by atoms with Crippen LogP contribution in [0, 0.1) is 22.5 Å². The van der Waals surface area contributed by atoms with Crippen molar-refractivity contribution in [2.75, 3.05) is 160 Å². The van der Waals surface area contributed by atoms with Gasteiger partial charge in [-0.15, -0.1) is 11.3 Å². The monoisotopic (exact) mass is 1570 g/mol. The molecule has 6 N–H and O–H groups in total. The highest BCUT2D eigenvalue weighted by molar-refractivity contribution is 7.90. The number of carbonyl (C=O) groups is 4. The van der Waals surface area contributed by atoms with Crippen molar-refractivity contribution < 1.29 is 61.3 Å². The quantitative estimate of drug-likeness (QED) is 0.0134. The number of H-pyrrole nitrogens is 1. The smallest absolute Gasteiger partial charge is 0.293 e. The van der Waals surface area contributed by atoms with Crippen molar-refractivity contribution in [3.05, 3.63) is 152 Å². The molecule has 3 saturated heterocycles. The first kappa shape index (κ1) is 80.8. The molecule has 5 aliphatic heterocycles. The van der Waals surface area contributed by atoms with Crippen LogP contribution in [0.5, 0.6) is 5.88 Å². The van der Waals surface area contributed by atoms with Crippen LogP contribution in [0.3, 0.4) is 0 Å². The number of rotatable bonds is 31. The zero-order valence-electron chi connectivity index (χ0n) is 63.6. The highest BCUT2D eigenvalue weighted by atomic mass is 35.5. The topological polar surface area (TPSA) is 321 Å². The number of aliphatic hydroxyl groups excluding tert-OH is 1. The number of nitrogens with one attached hydrogen (secondary N) is 5. The van der Waals surface area contributed by atoms with Crippen LogP contribution in [0.15, 0.2) is 119 Å². The number of amides is 4. The molecule has 0 spiro atoms. The maximum Gasteiger partial charge on any atom is 0.293 e. The van der Waals surface area contributed by atoms with Gasteiger partial charge in [-0.2, -0.15) is 4.98 Å². The van der Waals surface area contributed by atoms with E-state index in [1.54, 1.807) is 23.6 Å². The van der Waals surface area contributed by atoms with Crippen molar-refractivity contribution in [2.24, 2.45) is 5.41 Å². The van der Waals surface area contributed by atoms with Crippen molar-refractivity contribution >= 4 is 102 Å². The third kappa shape index (κ3) is 20.5. The second kappa shape index (κ2) is 36.2. The maximum absolute atomic E-state index is 14.7. The minimum absolute atomic E-state index is 0.00417. The molecule has 0 aliphatic carbocycles. The highest BCUT2D eigenvalue weighted by Crippen LogP contribution is 2.42. The number of aryl methyl sites for hydroxylation is 1. The molecule has 5 aliphatic rings. The Morgan fingerprint density at radius 1 is 0.827 bits per heavy atom. The normalized spacial score (nSPS) is 18.7. The van der Waals surface area contributed by atoms with Gasteiger partial charge in [-0.25, -0.2) is 18.1 Å². The number of nitrogens with zero attached hydrogens (tertiary/aromatic N) is 9. The van der Waals surface area contributed by atoms with Crippen molar-refractivity contribution in [2.45, 2.75) is 109 Å². The van der Waals surface area contributed by atoms with E-state index in [1.165, 1.54) is 28.2 Å². The van der Waals surface area contributed by atoms with Crippen LogP contribution in [0.4, 0.5) is 28.4 Å². The lowest BCUT2D eigenvalue weighted by atomic mass is 9.85. The number of halogens is 1. The van der Waals surface area contributed by atoms with Gasteiger partial charge in [0.1, 0.15) is 29.1 Å². The van der Waals surface area contributed by atoms with E-state index in [1.807, 2.05) is 106 Å². The molecule has 0 unspecified atom stereocenters. The molecule has 8 heterocycles. The lowest BCUT2D eigenvalue weighted by molar-refractivity contribution is -0.384. The lowest BCUT2D eigenvalue weighted by Gasteiger charge is -2.39. The summed E-state index contributed by atoms with van der Waals surface area (Å²) in [5.41, 5.74) is 9.60. The third-order valence-electron chi connectivity index (χ3n) is 20.8. The molecule has 3 aromatic heterocycles. The molecule has 4 amide bonds. The molecule has 0 saturated carbocycles. The first-order chi connectivity index (χ1) is 52.7. The summed E-state index contributed by atoms with van der Waals surface area (Å²) < 4.78 is 60.5. The molecule has 31 heteroatoms. The summed E-state index contributed by atoms with van der Waals surface area (Å²) >= 11 is 7.86. The molecule has 110 heavy (non-hydrogen) atoms. The Hall–Kier alpha value is -8.66. The summed E-state index contributed by atoms with van der Waals surface area (Å²) in [5, 5.41) is 33.9. The number of hydrogen-bond acceptors (Lipinski definition) is 23. The lowest BCUT2D eigenvalue weighted by Crippen LogP contribution is -2.58. The minimum Gasteiger partial charge on any atom is -0.476 e. The van der Waals surface area contributed by atoms with Crippen LogP contribution in [-0.2, 0) is 43.4 Å². The molecule has 0 bridgehead atoms. The summed E-state index contributed by atoms with van der Waals surface area (Å²) in [5.74, 6) is -1.77.